The maximum Gasteiger partial charge on any atom is 0.269 e. The third kappa shape index (κ3) is 4.95. The topological polar surface area (TPSA) is 108 Å². The van der Waals surface area contributed by atoms with E-state index in [4.69, 9.17) is 21.1 Å². The minimum Gasteiger partial charge on any atom is -0.497 e. The molecule has 0 bridgehead atoms. The van der Waals surface area contributed by atoms with Gasteiger partial charge in [0.25, 0.3) is 15.7 Å². The van der Waals surface area contributed by atoms with Crippen LogP contribution < -0.4 is 14.2 Å². The molecule has 0 saturated heterocycles. The zero-order valence-electron chi connectivity index (χ0n) is 15.0. The highest BCUT2D eigenvalue weighted by molar-refractivity contribution is 7.92. The first-order valence-electron chi connectivity index (χ1n) is 8.17. The number of nitro benzene ring substituents is 1. The SMILES string of the molecule is COc1cccc(Oc2ccc(Cl)cc2NS(=O)(=O)c2ccc([N+](=O)[O-])cc2)c1. The summed E-state index contributed by atoms with van der Waals surface area (Å²) in [7, 11) is -2.52. The summed E-state index contributed by atoms with van der Waals surface area (Å²) >= 11 is 6.01. The Morgan fingerprint density at radius 3 is 2.34 bits per heavy atom. The molecule has 0 radical (unpaired) electrons. The Kier molecular flexibility index (Phi) is 5.90. The smallest absolute Gasteiger partial charge is 0.269 e. The average molecular weight is 435 g/mol. The average Bonchev–Trinajstić information content (AvgIpc) is 2.70. The van der Waals surface area contributed by atoms with Crippen molar-refractivity contribution in [3.8, 4) is 17.2 Å². The van der Waals surface area contributed by atoms with Gasteiger partial charge >= 0.3 is 0 Å². The van der Waals surface area contributed by atoms with Gasteiger partial charge in [0.1, 0.15) is 11.5 Å². The number of methoxy groups -OCH3 is 1. The number of halogens is 1. The summed E-state index contributed by atoms with van der Waals surface area (Å²) in [6, 6.07) is 15.8. The molecule has 0 amide bonds. The van der Waals surface area contributed by atoms with Crippen LogP contribution in [0.25, 0.3) is 0 Å². The van der Waals surface area contributed by atoms with Gasteiger partial charge in [0.15, 0.2) is 5.75 Å². The van der Waals surface area contributed by atoms with Crippen molar-refractivity contribution in [3.05, 3.63) is 81.9 Å². The monoisotopic (exact) mass is 434 g/mol. The van der Waals surface area contributed by atoms with E-state index in [0.717, 1.165) is 24.3 Å². The molecule has 0 aliphatic carbocycles. The Morgan fingerprint density at radius 1 is 1.00 bits per heavy atom. The summed E-state index contributed by atoms with van der Waals surface area (Å²) in [5, 5.41) is 11.1. The van der Waals surface area contributed by atoms with Gasteiger partial charge in [0.05, 0.1) is 22.6 Å². The summed E-state index contributed by atoms with van der Waals surface area (Å²) in [6.45, 7) is 0. The molecular formula is C19H15ClN2O6S. The number of nitrogens with one attached hydrogen (secondary N) is 1. The lowest BCUT2D eigenvalue weighted by Gasteiger charge is -2.14. The van der Waals surface area contributed by atoms with Crippen molar-refractivity contribution in [1.82, 2.24) is 0 Å². The Morgan fingerprint density at radius 2 is 1.69 bits per heavy atom. The van der Waals surface area contributed by atoms with Crippen LogP contribution in [0.5, 0.6) is 17.2 Å². The Hall–Kier alpha value is -3.30. The lowest BCUT2D eigenvalue weighted by Crippen LogP contribution is -2.13. The van der Waals surface area contributed by atoms with Crippen LogP contribution in [-0.2, 0) is 10.0 Å². The van der Waals surface area contributed by atoms with Crippen LogP contribution >= 0.6 is 11.6 Å². The van der Waals surface area contributed by atoms with Gasteiger partial charge in [-0.05, 0) is 42.5 Å². The Bertz CT molecular complexity index is 1150. The van der Waals surface area contributed by atoms with Crippen molar-refractivity contribution in [2.75, 3.05) is 11.8 Å². The number of benzene rings is 3. The Labute approximate surface area is 171 Å². The molecule has 0 heterocycles. The molecule has 3 aromatic carbocycles. The van der Waals surface area contributed by atoms with Gasteiger partial charge in [-0.1, -0.05) is 17.7 Å². The van der Waals surface area contributed by atoms with Crippen LogP contribution in [0.4, 0.5) is 11.4 Å². The molecule has 3 aromatic rings. The van der Waals surface area contributed by atoms with Crippen LogP contribution in [0.1, 0.15) is 0 Å². The highest BCUT2D eigenvalue weighted by atomic mass is 35.5. The van der Waals surface area contributed by atoms with Gasteiger partial charge in [-0.15, -0.1) is 0 Å². The zero-order valence-corrected chi connectivity index (χ0v) is 16.6. The van der Waals surface area contributed by atoms with E-state index >= 15 is 0 Å². The highest BCUT2D eigenvalue weighted by Gasteiger charge is 2.19. The highest BCUT2D eigenvalue weighted by Crippen LogP contribution is 2.34. The number of nitro groups is 1. The van der Waals surface area contributed by atoms with E-state index in [1.165, 1.54) is 19.2 Å². The van der Waals surface area contributed by atoms with Crippen molar-refractivity contribution < 1.29 is 22.8 Å². The largest absolute Gasteiger partial charge is 0.497 e. The van der Waals surface area contributed by atoms with Gasteiger partial charge < -0.3 is 9.47 Å². The molecule has 0 saturated carbocycles. The second-order valence-electron chi connectivity index (χ2n) is 5.78. The van der Waals surface area contributed by atoms with Crippen molar-refractivity contribution in [2.45, 2.75) is 4.90 Å². The van der Waals surface area contributed by atoms with Gasteiger partial charge in [0.2, 0.25) is 0 Å². The first-order valence-corrected chi connectivity index (χ1v) is 10.0. The number of hydrogen-bond acceptors (Lipinski definition) is 6. The predicted molar refractivity (Wildman–Crippen MR) is 108 cm³/mol. The molecule has 1 N–H and O–H groups in total. The first-order chi connectivity index (χ1) is 13.8. The van der Waals surface area contributed by atoms with Gasteiger partial charge in [0, 0.05) is 23.2 Å². The fourth-order valence-electron chi connectivity index (χ4n) is 2.41. The molecular weight excluding hydrogens is 420 g/mol. The van der Waals surface area contributed by atoms with E-state index in [9.17, 15) is 18.5 Å². The second kappa shape index (κ2) is 8.38. The second-order valence-corrected chi connectivity index (χ2v) is 7.90. The maximum atomic E-state index is 12.7. The van der Waals surface area contributed by atoms with E-state index < -0.39 is 14.9 Å². The van der Waals surface area contributed by atoms with E-state index in [0.29, 0.717) is 16.5 Å². The molecule has 0 fully saturated rings. The number of nitrogens with zero attached hydrogens (tertiary/aromatic N) is 1. The van der Waals surface area contributed by atoms with E-state index in [-0.39, 0.29) is 22.0 Å². The standard InChI is InChI=1S/C19H15ClN2O6S/c1-27-15-3-2-4-16(12-15)28-19-10-5-13(20)11-18(19)21-29(25,26)17-8-6-14(7-9-17)22(23)24/h2-12,21H,1H3. The molecule has 0 aliphatic heterocycles. The number of hydrogen-bond donors (Lipinski definition) is 1. The molecule has 3 rings (SSSR count). The summed E-state index contributed by atoms with van der Waals surface area (Å²) in [5.74, 6) is 1.22. The van der Waals surface area contributed by atoms with Crippen LogP contribution in [-0.4, -0.2) is 20.5 Å². The molecule has 0 aliphatic rings. The van der Waals surface area contributed by atoms with Crippen molar-refractivity contribution in [2.24, 2.45) is 0 Å². The van der Waals surface area contributed by atoms with E-state index in [1.807, 2.05) is 0 Å². The van der Waals surface area contributed by atoms with Gasteiger partial charge in [-0.2, -0.15) is 0 Å². The van der Waals surface area contributed by atoms with Crippen molar-refractivity contribution in [1.29, 1.82) is 0 Å². The molecule has 0 unspecified atom stereocenters. The summed E-state index contributed by atoms with van der Waals surface area (Å²) in [5.41, 5.74) is -0.104. The zero-order chi connectivity index (χ0) is 21.0. The maximum absolute atomic E-state index is 12.7. The fraction of sp³-hybridized carbons (Fsp3) is 0.0526. The molecule has 8 nitrogen and oxygen atoms in total. The number of ether oxygens (including phenoxy) is 2. The number of non-ortho nitro benzene ring substituents is 1. The van der Waals surface area contributed by atoms with Gasteiger partial charge in [-0.3, -0.25) is 14.8 Å². The molecule has 0 atom stereocenters. The molecule has 0 aromatic heterocycles. The lowest BCUT2D eigenvalue weighted by molar-refractivity contribution is -0.384. The summed E-state index contributed by atoms with van der Waals surface area (Å²) in [4.78, 5) is 10.0. The normalized spacial score (nSPS) is 11.0. The minimum atomic E-state index is -4.04. The summed E-state index contributed by atoms with van der Waals surface area (Å²) < 4.78 is 38.7. The Balaban J connectivity index is 1.91. The molecule has 10 heteroatoms. The third-order valence-electron chi connectivity index (χ3n) is 3.81. The van der Waals surface area contributed by atoms with E-state index in [1.54, 1.807) is 30.3 Å². The van der Waals surface area contributed by atoms with Crippen LogP contribution in [0.15, 0.2) is 71.6 Å². The first kappa shape index (κ1) is 20.4. The molecule has 150 valence electrons. The molecule has 29 heavy (non-hydrogen) atoms. The van der Waals surface area contributed by atoms with E-state index in [2.05, 4.69) is 4.72 Å². The number of anilines is 1. The molecule has 0 spiro atoms. The van der Waals surface area contributed by atoms with Crippen molar-refractivity contribution in [3.63, 3.8) is 0 Å². The minimum absolute atomic E-state index is 0.110. The number of sulfonamides is 1. The van der Waals surface area contributed by atoms with Crippen LogP contribution in [0.2, 0.25) is 5.02 Å². The van der Waals surface area contributed by atoms with Crippen molar-refractivity contribution >= 4 is 33.0 Å². The lowest BCUT2D eigenvalue weighted by atomic mass is 10.3. The third-order valence-corrected chi connectivity index (χ3v) is 5.43. The quantitative estimate of drug-likeness (QED) is 0.420. The van der Waals surface area contributed by atoms with Gasteiger partial charge in [-0.25, -0.2) is 8.42 Å². The summed E-state index contributed by atoms with van der Waals surface area (Å²) in [6.07, 6.45) is 0. The van der Waals surface area contributed by atoms with Crippen LogP contribution in [0, 0.1) is 10.1 Å². The predicted octanol–water partition coefficient (Wildman–Crippen LogP) is 4.85. The number of rotatable bonds is 7. The fourth-order valence-corrected chi connectivity index (χ4v) is 3.65. The van der Waals surface area contributed by atoms with Crippen LogP contribution in [0.3, 0.4) is 0 Å².